The van der Waals surface area contributed by atoms with Crippen molar-refractivity contribution in [2.24, 2.45) is 5.41 Å². The van der Waals surface area contributed by atoms with Gasteiger partial charge >= 0.3 is 0 Å². The Labute approximate surface area is 193 Å². The second kappa shape index (κ2) is 10.4. The van der Waals surface area contributed by atoms with Gasteiger partial charge in [0.2, 0.25) is 0 Å². The molecule has 2 fully saturated rings. The summed E-state index contributed by atoms with van der Waals surface area (Å²) in [6.07, 6.45) is 6.97. The Hall–Kier alpha value is -2.76. The van der Waals surface area contributed by atoms with E-state index in [-0.39, 0.29) is 11.7 Å². The molecule has 8 heteroatoms. The van der Waals surface area contributed by atoms with Gasteiger partial charge in [0.05, 0.1) is 30.0 Å². The number of rotatable bonds is 10. The predicted octanol–water partition coefficient (Wildman–Crippen LogP) is 4.70. The van der Waals surface area contributed by atoms with Gasteiger partial charge < -0.3 is 20.7 Å². The molecule has 1 aromatic carbocycles. The predicted molar refractivity (Wildman–Crippen MR) is 125 cm³/mol. The third-order valence-electron chi connectivity index (χ3n) is 6.66. The summed E-state index contributed by atoms with van der Waals surface area (Å²) in [5.41, 5.74) is 0.806. The van der Waals surface area contributed by atoms with Gasteiger partial charge in [-0.1, -0.05) is 6.07 Å². The lowest BCUT2D eigenvalue weighted by Gasteiger charge is -2.30. The number of anilines is 2. The van der Waals surface area contributed by atoms with Crippen molar-refractivity contribution in [2.75, 3.05) is 37.4 Å². The summed E-state index contributed by atoms with van der Waals surface area (Å²) in [5, 5.41) is 19.2. The number of pyridine rings is 1. The minimum atomic E-state index is -0.458. The molecule has 2 saturated carbocycles. The van der Waals surface area contributed by atoms with Gasteiger partial charge in [0.1, 0.15) is 17.5 Å². The fourth-order valence-electron chi connectivity index (χ4n) is 4.33. The zero-order valence-electron chi connectivity index (χ0n) is 19.0. The van der Waals surface area contributed by atoms with Crippen LogP contribution in [0.25, 0.3) is 11.1 Å². The highest BCUT2D eigenvalue weighted by Crippen LogP contribution is 2.45. The van der Waals surface area contributed by atoms with Gasteiger partial charge in [-0.2, -0.15) is 5.26 Å². The molecule has 3 N–H and O–H groups in total. The van der Waals surface area contributed by atoms with Crippen LogP contribution < -0.4 is 16.0 Å². The molecule has 0 bridgehead atoms. The highest BCUT2D eigenvalue weighted by molar-refractivity contribution is 5.71. The highest BCUT2D eigenvalue weighted by atomic mass is 19.1. The third-order valence-corrected chi connectivity index (χ3v) is 6.66. The number of hydrogen-bond acceptors (Lipinski definition) is 6. The van der Waals surface area contributed by atoms with Crippen molar-refractivity contribution in [1.82, 2.24) is 10.3 Å². The van der Waals surface area contributed by atoms with Gasteiger partial charge in [0.25, 0.3) is 0 Å². The van der Waals surface area contributed by atoms with Crippen LogP contribution in [0, 0.1) is 28.4 Å². The molecule has 0 spiro atoms. The smallest absolute Gasteiger partial charge is 0.149 e. The first-order valence-corrected chi connectivity index (χ1v) is 11.6. The van der Waals surface area contributed by atoms with E-state index >= 15 is 0 Å². The summed E-state index contributed by atoms with van der Waals surface area (Å²) in [5.74, 6) is -0.265. The minimum Gasteiger partial charge on any atom is -0.383 e. The van der Waals surface area contributed by atoms with Crippen molar-refractivity contribution < 1.29 is 13.5 Å². The topological polar surface area (TPSA) is 82.0 Å². The van der Waals surface area contributed by atoms with E-state index in [0.29, 0.717) is 36.1 Å². The van der Waals surface area contributed by atoms with Crippen molar-refractivity contribution in [3.8, 4) is 17.2 Å². The molecular formula is C25H31F2N5O. The van der Waals surface area contributed by atoms with Crippen LogP contribution in [0.5, 0.6) is 0 Å². The third kappa shape index (κ3) is 5.98. The van der Waals surface area contributed by atoms with E-state index in [2.05, 4.69) is 27.0 Å². The van der Waals surface area contributed by atoms with E-state index in [4.69, 9.17) is 4.74 Å². The Bertz CT molecular complexity index is 997. The van der Waals surface area contributed by atoms with Gasteiger partial charge in [0.15, 0.2) is 0 Å². The van der Waals surface area contributed by atoms with Crippen LogP contribution in [-0.4, -0.2) is 43.9 Å². The first-order chi connectivity index (χ1) is 16.0. The van der Waals surface area contributed by atoms with Crippen LogP contribution in [0.1, 0.15) is 38.5 Å². The molecule has 2 aliphatic rings. The van der Waals surface area contributed by atoms with Crippen molar-refractivity contribution in [3.63, 3.8) is 0 Å². The maximum Gasteiger partial charge on any atom is 0.149 e. The summed E-state index contributed by atoms with van der Waals surface area (Å²) in [6.45, 7) is 1.95. The molecule has 33 heavy (non-hydrogen) atoms. The first kappa shape index (κ1) is 23.4. The number of aromatic nitrogens is 1. The summed E-state index contributed by atoms with van der Waals surface area (Å²) >= 11 is 0. The fourth-order valence-corrected chi connectivity index (χ4v) is 4.33. The van der Waals surface area contributed by atoms with Crippen LogP contribution in [0.15, 0.2) is 30.5 Å². The van der Waals surface area contributed by atoms with Gasteiger partial charge in [-0.3, -0.25) is 0 Å². The van der Waals surface area contributed by atoms with E-state index in [1.54, 1.807) is 25.3 Å². The Kier molecular flexibility index (Phi) is 7.41. The lowest BCUT2D eigenvalue weighted by molar-refractivity contribution is 0.191. The molecule has 1 aromatic heterocycles. The monoisotopic (exact) mass is 455 g/mol. The molecule has 1 heterocycles. The molecule has 0 saturated heterocycles. The Morgan fingerprint density at radius 1 is 1.12 bits per heavy atom. The zero-order valence-corrected chi connectivity index (χ0v) is 19.0. The first-order valence-electron chi connectivity index (χ1n) is 11.6. The van der Waals surface area contributed by atoms with Crippen LogP contribution in [0.2, 0.25) is 0 Å². The molecular weight excluding hydrogens is 424 g/mol. The molecule has 0 amide bonds. The number of nitrogens with zero attached hydrogens (tertiary/aromatic N) is 2. The van der Waals surface area contributed by atoms with E-state index in [1.165, 1.54) is 12.3 Å². The fraction of sp³-hybridized carbons (Fsp3) is 0.520. The zero-order chi connectivity index (χ0) is 23.3. The number of ether oxygens (including phenoxy) is 1. The van der Waals surface area contributed by atoms with Gasteiger partial charge in [-0.25, -0.2) is 13.8 Å². The second-order valence-corrected chi connectivity index (χ2v) is 9.13. The summed E-state index contributed by atoms with van der Waals surface area (Å²) in [4.78, 5) is 4.22. The van der Waals surface area contributed by atoms with E-state index in [1.807, 2.05) is 0 Å². The number of benzene rings is 1. The quantitative estimate of drug-likeness (QED) is 0.451. The summed E-state index contributed by atoms with van der Waals surface area (Å²) in [6, 6.07) is 9.24. The molecule has 176 valence electrons. The standard InChI is InChI=1S/C25H31F2N5O/c1-33-11-10-29-18-3-5-19(6-4-18)32-24-13-20(22(27)14-30-24)17-2-7-21(26)23(12-17)31-16-25(15-28)8-9-25/h2,7,12-14,18-19,29,31H,3-6,8-11,16H2,1H3,(H,30,32). The van der Waals surface area contributed by atoms with Crippen LogP contribution in [0.4, 0.5) is 20.3 Å². The molecule has 2 aliphatic carbocycles. The molecule has 0 aliphatic heterocycles. The average molecular weight is 456 g/mol. The average Bonchev–Trinajstić information content (AvgIpc) is 3.62. The maximum atomic E-state index is 14.6. The van der Waals surface area contributed by atoms with Crippen LogP contribution in [0.3, 0.4) is 0 Å². The van der Waals surface area contributed by atoms with Crippen LogP contribution in [-0.2, 0) is 4.74 Å². The van der Waals surface area contributed by atoms with Crippen LogP contribution >= 0.6 is 0 Å². The van der Waals surface area contributed by atoms with Crippen molar-refractivity contribution >= 4 is 11.5 Å². The number of hydrogen-bond donors (Lipinski definition) is 3. The van der Waals surface area contributed by atoms with E-state index < -0.39 is 17.0 Å². The SMILES string of the molecule is COCCNC1CCC(Nc2cc(-c3ccc(F)c(NCC4(C#N)CC4)c3)c(F)cn2)CC1. The number of methoxy groups -OCH3 is 1. The highest BCUT2D eigenvalue weighted by Gasteiger charge is 2.43. The summed E-state index contributed by atoms with van der Waals surface area (Å²) < 4.78 is 34.1. The van der Waals surface area contributed by atoms with E-state index in [0.717, 1.165) is 45.1 Å². The van der Waals surface area contributed by atoms with E-state index in [9.17, 15) is 14.0 Å². The van der Waals surface area contributed by atoms with Gasteiger partial charge in [-0.15, -0.1) is 0 Å². The minimum absolute atomic E-state index is 0.277. The van der Waals surface area contributed by atoms with Crippen molar-refractivity contribution in [3.05, 3.63) is 42.1 Å². The maximum absolute atomic E-state index is 14.6. The molecule has 4 rings (SSSR count). The van der Waals surface area contributed by atoms with Gasteiger partial charge in [0, 0.05) is 37.8 Å². The Morgan fingerprint density at radius 3 is 2.58 bits per heavy atom. The number of nitrogens with one attached hydrogen (secondary N) is 3. The second-order valence-electron chi connectivity index (χ2n) is 9.13. The van der Waals surface area contributed by atoms with Crippen molar-refractivity contribution in [2.45, 2.75) is 50.6 Å². The molecule has 0 unspecified atom stereocenters. The molecule has 6 nitrogen and oxygen atoms in total. The Morgan fingerprint density at radius 2 is 1.88 bits per heavy atom. The summed E-state index contributed by atoms with van der Waals surface area (Å²) in [7, 11) is 1.70. The molecule has 2 aromatic rings. The van der Waals surface area contributed by atoms with Gasteiger partial charge in [-0.05, 0) is 62.3 Å². The molecule has 0 atom stereocenters. The number of nitriles is 1. The Balaban J connectivity index is 1.40. The largest absolute Gasteiger partial charge is 0.383 e. The lowest BCUT2D eigenvalue weighted by atomic mass is 9.91. The lowest BCUT2D eigenvalue weighted by Crippen LogP contribution is -2.38. The number of halogens is 2. The normalized spacial score (nSPS) is 21.3. The van der Waals surface area contributed by atoms with Crippen molar-refractivity contribution in [1.29, 1.82) is 5.26 Å². The molecule has 0 radical (unpaired) electrons.